The van der Waals surface area contributed by atoms with Crippen molar-refractivity contribution in [1.29, 1.82) is 0 Å². The molecular formula is C32H30ClF2N5O5. The Morgan fingerprint density at radius 2 is 2.00 bits per heavy atom. The Hall–Kier alpha value is -4.29. The van der Waals surface area contributed by atoms with Gasteiger partial charge in [0.25, 0.3) is 5.91 Å². The molecule has 7 rings (SSSR count). The Bertz CT molecular complexity index is 1910. The molecule has 2 atom stereocenters. The number of aliphatic hydroxyl groups is 1. The van der Waals surface area contributed by atoms with Crippen LogP contribution >= 0.6 is 11.6 Å². The van der Waals surface area contributed by atoms with Crippen molar-refractivity contribution in [3.8, 4) is 22.8 Å². The number of amides is 2. The molecule has 10 nitrogen and oxygen atoms in total. The van der Waals surface area contributed by atoms with Gasteiger partial charge >= 0.3 is 0 Å². The van der Waals surface area contributed by atoms with Gasteiger partial charge in [-0.1, -0.05) is 11.6 Å². The molecule has 0 saturated heterocycles. The number of methoxy groups -OCH3 is 1. The number of nitrogens with zero attached hydrogens (tertiary/aromatic N) is 3. The van der Waals surface area contributed by atoms with Crippen molar-refractivity contribution in [2.45, 2.75) is 49.7 Å². The molecule has 2 aliphatic carbocycles. The highest BCUT2D eigenvalue weighted by Crippen LogP contribution is 2.50. The number of benzene rings is 2. The molecule has 1 aliphatic heterocycles. The number of aromatic nitrogens is 3. The van der Waals surface area contributed by atoms with E-state index in [0.29, 0.717) is 35.7 Å². The highest BCUT2D eigenvalue weighted by Gasteiger charge is 2.50. The van der Waals surface area contributed by atoms with Crippen LogP contribution in [0.5, 0.6) is 11.5 Å². The number of hydrogen-bond acceptors (Lipinski definition) is 7. The number of nitrogens with two attached hydrogens (primary N) is 1. The maximum Gasteiger partial charge on any atom is 0.251 e. The van der Waals surface area contributed by atoms with Gasteiger partial charge in [0.1, 0.15) is 46.1 Å². The van der Waals surface area contributed by atoms with Crippen molar-refractivity contribution < 1.29 is 33.0 Å². The van der Waals surface area contributed by atoms with Crippen LogP contribution < -0.4 is 20.5 Å². The third-order valence-electron chi connectivity index (χ3n) is 9.11. The van der Waals surface area contributed by atoms with E-state index >= 15 is 8.78 Å². The molecule has 2 fully saturated rings. The Balaban J connectivity index is 1.28. The molecule has 4 N–H and O–H groups in total. The zero-order valence-electron chi connectivity index (χ0n) is 24.5. The molecule has 4 aromatic rings. The maximum absolute atomic E-state index is 15.3. The smallest absolute Gasteiger partial charge is 0.251 e. The molecule has 2 aromatic carbocycles. The Morgan fingerprint density at radius 3 is 2.67 bits per heavy atom. The first kappa shape index (κ1) is 29.4. The lowest BCUT2D eigenvalue weighted by Crippen LogP contribution is -2.44. The van der Waals surface area contributed by atoms with Gasteiger partial charge in [0.05, 0.1) is 36.0 Å². The highest BCUT2D eigenvalue weighted by atomic mass is 35.5. The minimum absolute atomic E-state index is 0.00884. The van der Waals surface area contributed by atoms with E-state index in [1.165, 1.54) is 13.2 Å². The number of pyridine rings is 1. The van der Waals surface area contributed by atoms with Crippen LogP contribution in [0, 0.1) is 17.6 Å². The van der Waals surface area contributed by atoms with Gasteiger partial charge in [-0.2, -0.15) is 5.10 Å². The van der Waals surface area contributed by atoms with Crippen molar-refractivity contribution in [2.24, 2.45) is 11.7 Å². The van der Waals surface area contributed by atoms with Crippen LogP contribution in [-0.4, -0.2) is 51.9 Å². The van der Waals surface area contributed by atoms with Crippen molar-refractivity contribution in [3.63, 3.8) is 0 Å². The Labute approximate surface area is 261 Å². The van der Waals surface area contributed by atoms with Crippen LogP contribution in [0.3, 0.4) is 0 Å². The lowest BCUT2D eigenvalue weighted by atomic mass is 9.81. The second kappa shape index (κ2) is 10.4. The van der Waals surface area contributed by atoms with Crippen molar-refractivity contribution in [3.05, 3.63) is 70.0 Å². The molecule has 2 amide bonds. The summed E-state index contributed by atoms with van der Waals surface area (Å²) >= 11 is 6.01. The second-order valence-electron chi connectivity index (χ2n) is 12.3. The highest BCUT2D eigenvalue weighted by molar-refractivity contribution is 6.31. The molecule has 2 aromatic heterocycles. The van der Waals surface area contributed by atoms with Gasteiger partial charge in [-0.25, -0.2) is 13.8 Å². The van der Waals surface area contributed by atoms with Gasteiger partial charge in [-0.3, -0.25) is 14.3 Å². The van der Waals surface area contributed by atoms with E-state index in [1.807, 2.05) is 10.9 Å². The van der Waals surface area contributed by atoms with Crippen molar-refractivity contribution >= 4 is 34.3 Å². The lowest BCUT2D eigenvalue weighted by molar-refractivity contribution is -0.123. The number of ether oxygens (including phenoxy) is 2. The lowest BCUT2D eigenvalue weighted by Gasteiger charge is -2.30. The zero-order valence-corrected chi connectivity index (χ0v) is 25.3. The molecule has 3 aliphatic rings. The monoisotopic (exact) mass is 637 g/mol. The van der Waals surface area contributed by atoms with Gasteiger partial charge in [-0.05, 0) is 68.9 Å². The van der Waals surface area contributed by atoms with E-state index < -0.39 is 40.0 Å². The van der Waals surface area contributed by atoms with Crippen LogP contribution in [-0.2, 0) is 15.8 Å². The number of carbonyl (C=O) groups excluding carboxylic acids is 2. The number of primary amides is 1. The molecule has 3 heterocycles. The van der Waals surface area contributed by atoms with Gasteiger partial charge < -0.3 is 25.6 Å². The third kappa shape index (κ3) is 4.78. The summed E-state index contributed by atoms with van der Waals surface area (Å²) in [7, 11) is 1.50. The van der Waals surface area contributed by atoms with E-state index in [0.717, 1.165) is 30.4 Å². The summed E-state index contributed by atoms with van der Waals surface area (Å²) in [6.45, 7) is 1.07. The van der Waals surface area contributed by atoms with Crippen LogP contribution in [0.25, 0.3) is 22.2 Å². The van der Waals surface area contributed by atoms with Gasteiger partial charge in [0.15, 0.2) is 5.82 Å². The Morgan fingerprint density at radius 1 is 1.24 bits per heavy atom. The standard InChI is InChI=1S/C32H30ClF2N5O5/c1-31(30(36)42)14-45-28-19(31)11-23(38-27(28)24-21(34)8-7-20(33)25(24)35)32(43,17-3-4-17)13-37-29(41)15-9-16-12-40(18-5-6-18)39-26(16)22(10-15)44-2/h7-12,17-18,43H,3-6,13-14H2,1-2H3,(H2,36,42)(H,37,41)/t31-,32+/m0/s1. The summed E-state index contributed by atoms with van der Waals surface area (Å²) in [6, 6.07) is 7.19. The summed E-state index contributed by atoms with van der Waals surface area (Å²) in [5, 5.41) is 20.0. The topological polar surface area (TPSA) is 142 Å². The molecular weight excluding hydrogens is 608 g/mol. The molecule has 0 radical (unpaired) electrons. The molecule has 0 unspecified atom stereocenters. The predicted octanol–water partition coefficient (Wildman–Crippen LogP) is 4.54. The summed E-state index contributed by atoms with van der Waals surface area (Å²) in [6.07, 6.45) is 5.20. The van der Waals surface area contributed by atoms with E-state index in [1.54, 1.807) is 19.1 Å². The number of hydrogen-bond donors (Lipinski definition) is 3. The van der Waals surface area contributed by atoms with Crippen LogP contribution in [0.2, 0.25) is 5.02 Å². The van der Waals surface area contributed by atoms with Crippen LogP contribution in [0.4, 0.5) is 8.78 Å². The Kier molecular flexibility index (Phi) is 6.79. The largest absolute Gasteiger partial charge is 0.494 e. The molecule has 45 heavy (non-hydrogen) atoms. The maximum atomic E-state index is 15.3. The van der Waals surface area contributed by atoms with Crippen LogP contribution in [0.1, 0.15) is 60.3 Å². The number of carbonyl (C=O) groups is 2. The van der Waals surface area contributed by atoms with Gasteiger partial charge in [0.2, 0.25) is 5.91 Å². The quantitative estimate of drug-likeness (QED) is 0.229. The molecule has 0 bridgehead atoms. The molecule has 0 spiro atoms. The third-order valence-corrected chi connectivity index (χ3v) is 9.40. The van der Waals surface area contributed by atoms with Crippen LogP contribution in [0.15, 0.2) is 36.5 Å². The summed E-state index contributed by atoms with van der Waals surface area (Å²) in [5.41, 5.74) is 2.95. The summed E-state index contributed by atoms with van der Waals surface area (Å²) in [5.74, 6) is -3.16. The average molecular weight is 638 g/mol. The SMILES string of the molecule is COc1cc(C(=O)NC[C@](O)(c2cc3c(c(-c4c(F)ccc(Cl)c4F)n2)OC[C@]3(C)C(N)=O)C2CC2)cc2cn(C3CC3)nc12. The van der Waals surface area contributed by atoms with Gasteiger partial charge in [0, 0.05) is 22.7 Å². The number of nitrogens with one attached hydrogen (secondary N) is 1. The van der Waals surface area contributed by atoms with Crippen molar-refractivity contribution in [2.75, 3.05) is 20.3 Å². The van der Waals surface area contributed by atoms with Gasteiger partial charge in [-0.15, -0.1) is 0 Å². The summed E-state index contributed by atoms with van der Waals surface area (Å²) < 4.78 is 43.7. The van der Waals surface area contributed by atoms with Crippen molar-refractivity contribution in [1.82, 2.24) is 20.1 Å². The zero-order chi connectivity index (χ0) is 31.8. The molecule has 13 heteroatoms. The minimum atomic E-state index is -1.77. The minimum Gasteiger partial charge on any atom is -0.494 e. The average Bonchev–Trinajstić information content (AvgIpc) is 3.97. The fourth-order valence-corrected chi connectivity index (χ4v) is 6.14. The molecule has 234 valence electrons. The predicted molar refractivity (Wildman–Crippen MR) is 160 cm³/mol. The van der Waals surface area contributed by atoms with E-state index in [4.69, 9.17) is 26.8 Å². The number of rotatable bonds is 9. The number of halogens is 3. The van der Waals surface area contributed by atoms with E-state index in [9.17, 15) is 14.7 Å². The summed E-state index contributed by atoms with van der Waals surface area (Å²) in [4.78, 5) is 30.6. The van der Waals surface area contributed by atoms with E-state index in [-0.39, 0.29) is 46.8 Å². The first-order valence-corrected chi connectivity index (χ1v) is 15.0. The fraction of sp³-hybridized carbons (Fsp3) is 0.375. The fourth-order valence-electron chi connectivity index (χ4n) is 5.98. The first-order chi connectivity index (χ1) is 21.4. The first-order valence-electron chi connectivity index (χ1n) is 14.6. The normalized spacial score (nSPS) is 20.4. The second-order valence-corrected chi connectivity index (χ2v) is 12.7. The number of fused-ring (bicyclic) bond motifs is 2. The molecule has 2 saturated carbocycles. The van der Waals surface area contributed by atoms with E-state index in [2.05, 4.69) is 15.4 Å².